The summed E-state index contributed by atoms with van der Waals surface area (Å²) in [7, 11) is 0. The molecule has 3 nitrogen and oxygen atoms in total. The second-order valence-corrected chi connectivity index (χ2v) is 4.32. The number of hydrogen-bond acceptors (Lipinski definition) is 2. The number of allylic oxidation sites excluding steroid dienone is 1. The van der Waals surface area contributed by atoms with E-state index in [9.17, 15) is 4.79 Å². The first-order chi connectivity index (χ1) is 8.16. The van der Waals surface area contributed by atoms with Gasteiger partial charge in [-0.15, -0.1) is 0 Å². The minimum atomic E-state index is -0.941. The Morgan fingerprint density at radius 3 is 2.94 bits per heavy atom. The van der Waals surface area contributed by atoms with E-state index in [1.807, 2.05) is 19.1 Å². The molecule has 0 radical (unpaired) electrons. The SMILES string of the molecule is Cc1ccc(OC2C=CCCC2)c(C(=O)O)c1. The van der Waals surface area contributed by atoms with E-state index in [0.717, 1.165) is 24.8 Å². The third kappa shape index (κ3) is 2.87. The van der Waals surface area contributed by atoms with Crippen LogP contribution in [-0.4, -0.2) is 17.2 Å². The zero-order valence-corrected chi connectivity index (χ0v) is 9.85. The Labute approximate surface area is 101 Å². The van der Waals surface area contributed by atoms with Crippen molar-refractivity contribution in [1.82, 2.24) is 0 Å². The number of carboxylic acid groups (broad SMARTS) is 1. The molecule has 1 unspecified atom stereocenters. The van der Waals surface area contributed by atoms with Gasteiger partial charge in [-0.3, -0.25) is 0 Å². The number of benzene rings is 1. The van der Waals surface area contributed by atoms with Crippen molar-refractivity contribution in [2.45, 2.75) is 32.3 Å². The lowest BCUT2D eigenvalue weighted by Crippen LogP contribution is -2.17. The Morgan fingerprint density at radius 1 is 1.47 bits per heavy atom. The van der Waals surface area contributed by atoms with Crippen LogP contribution >= 0.6 is 0 Å². The number of aromatic carboxylic acids is 1. The van der Waals surface area contributed by atoms with Crippen molar-refractivity contribution in [3.63, 3.8) is 0 Å². The molecule has 1 atom stereocenters. The molecule has 0 aliphatic heterocycles. The third-order valence-corrected chi connectivity index (χ3v) is 2.85. The van der Waals surface area contributed by atoms with E-state index in [4.69, 9.17) is 9.84 Å². The van der Waals surface area contributed by atoms with Gasteiger partial charge in [0.2, 0.25) is 0 Å². The molecule has 0 spiro atoms. The van der Waals surface area contributed by atoms with Gasteiger partial charge in [-0.1, -0.05) is 17.7 Å². The van der Waals surface area contributed by atoms with Gasteiger partial charge in [0.05, 0.1) is 0 Å². The Morgan fingerprint density at radius 2 is 2.29 bits per heavy atom. The van der Waals surface area contributed by atoms with Gasteiger partial charge < -0.3 is 9.84 Å². The third-order valence-electron chi connectivity index (χ3n) is 2.85. The highest BCUT2D eigenvalue weighted by atomic mass is 16.5. The van der Waals surface area contributed by atoms with E-state index in [1.165, 1.54) is 0 Å². The molecule has 1 aromatic rings. The maximum atomic E-state index is 11.1. The molecular weight excluding hydrogens is 216 g/mol. The molecule has 0 saturated heterocycles. The lowest BCUT2D eigenvalue weighted by atomic mass is 10.0. The molecule has 1 aromatic carbocycles. The van der Waals surface area contributed by atoms with Crippen LogP contribution in [0.1, 0.15) is 35.2 Å². The average molecular weight is 232 g/mol. The first kappa shape index (κ1) is 11.7. The minimum absolute atomic E-state index is 0.00422. The van der Waals surface area contributed by atoms with Crippen LogP contribution in [-0.2, 0) is 0 Å². The molecule has 90 valence electrons. The fourth-order valence-electron chi connectivity index (χ4n) is 1.96. The number of carbonyl (C=O) groups is 1. The van der Waals surface area contributed by atoms with E-state index in [2.05, 4.69) is 6.08 Å². The van der Waals surface area contributed by atoms with Crippen molar-refractivity contribution in [1.29, 1.82) is 0 Å². The van der Waals surface area contributed by atoms with Gasteiger partial charge in [0.15, 0.2) is 0 Å². The normalized spacial score (nSPS) is 19.0. The van der Waals surface area contributed by atoms with E-state index >= 15 is 0 Å². The van der Waals surface area contributed by atoms with E-state index in [-0.39, 0.29) is 11.7 Å². The van der Waals surface area contributed by atoms with Crippen LogP contribution in [0.5, 0.6) is 5.75 Å². The Bertz CT molecular complexity index is 449. The van der Waals surface area contributed by atoms with Crippen molar-refractivity contribution in [3.8, 4) is 5.75 Å². The Kier molecular flexibility index (Phi) is 3.47. The predicted octanol–water partition coefficient (Wildman–Crippen LogP) is 3.18. The molecule has 3 heteroatoms. The minimum Gasteiger partial charge on any atom is -0.485 e. The van der Waals surface area contributed by atoms with E-state index in [1.54, 1.807) is 12.1 Å². The van der Waals surface area contributed by atoms with Crippen molar-refractivity contribution in [3.05, 3.63) is 41.5 Å². The van der Waals surface area contributed by atoms with Crippen LogP contribution in [0.15, 0.2) is 30.4 Å². The molecule has 1 N–H and O–H groups in total. The molecule has 0 aromatic heterocycles. The van der Waals surface area contributed by atoms with Crippen LogP contribution in [0.3, 0.4) is 0 Å². The average Bonchev–Trinajstić information content (AvgIpc) is 2.32. The highest BCUT2D eigenvalue weighted by molar-refractivity contribution is 5.91. The fraction of sp³-hybridized carbons (Fsp3) is 0.357. The number of hydrogen-bond donors (Lipinski definition) is 1. The van der Waals surface area contributed by atoms with Crippen LogP contribution in [0.2, 0.25) is 0 Å². The Balaban J connectivity index is 2.22. The number of carboxylic acids is 1. The van der Waals surface area contributed by atoms with Gasteiger partial charge in [0, 0.05) is 0 Å². The molecule has 17 heavy (non-hydrogen) atoms. The van der Waals surface area contributed by atoms with Gasteiger partial charge in [0.1, 0.15) is 17.4 Å². The summed E-state index contributed by atoms with van der Waals surface area (Å²) in [6.07, 6.45) is 7.22. The van der Waals surface area contributed by atoms with Crippen LogP contribution < -0.4 is 4.74 Å². The van der Waals surface area contributed by atoms with Crippen LogP contribution in [0, 0.1) is 6.92 Å². The molecule has 0 amide bonds. The fourth-order valence-corrected chi connectivity index (χ4v) is 1.96. The van der Waals surface area contributed by atoms with Crippen molar-refractivity contribution < 1.29 is 14.6 Å². The van der Waals surface area contributed by atoms with E-state index in [0.29, 0.717) is 5.75 Å². The van der Waals surface area contributed by atoms with Crippen molar-refractivity contribution >= 4 is 5.97 Å². The molecule has 2 rings (SSSR count). The second-order valence-electron chi connectivity index (χ2n) is 4.32. The summed E-state index contributed by atoms with van der Waals surface area (Å²) in [4.78, 5) is 11.1. The van der Waals surface area contributed by atoms with Crippen molar-refractivity contribution in [2.75, 3.05) is 0 Å². The summed E-state index contributed by atoms with van der Waals surface area (Å²) in [5, 5.41) is 9.12. The largest absolute Gasteiger partial charge is 0.485 e. The predicted molar refractivity (Wildman–Crippen MR) is 65.5 cm³/mol. The van der Waals surface area contributed by atoms with Gasteiger partial charge in [-0.2, -0.15) is 0 Å². The summed E-state index contributed by atoms with van der Waals surface area (Å²) in [6.45, 7) is 1.87. The number of aryl methyl sites for hydroxylation is 1. The van der Waals surface area contributed by atoms with Gasteiger partial charge in [-0.25, -0.2) is 4.79 Å². The first-order valence-corrected chi connectivity index (χ1v) is 5.84. The summed E-state index contributed by atoms with van der Waals surface area (Å²) in [5.41, 5.74) is 1.16. The zero-order chi connectivity index (χ0) is 12.3. The Hall–Kier alpha value is -1.77. The summed E-state index contributed by atoms with van der Waals surface area (Å²) in [6, 6.07) is 5.25. The molecule has 0 bridgehead atoms. The number of ether oxygens (including phenoxy) is 1. The summed E-state index contributed by atoms with van der Waals surface area (Å²) >= 11 is 0. The van der Waals surface area contributed by atoms with E-state index < -0.39 is 5.97 Å². The van der Waals surface area contributed by atoms with Crippen LogP contribution in [0.25, 0.3) is 0 Å². The molecule has 0 saturated carbocycles. The van der Waals surface area contributed by atoms with Gasteiger partial charge in [-0.05, 0) is 44.4 Å². The highest BCUT2D eigenvalue weighted by Crippen LogP contribution is 2.24. The molecule has 1 aliphatic carbocycles. The summed E-state index contributed by atoms with van der Waals surface area (Å²) < 4.78 is 5.74. The topological polar surface area (TPSA) is 46.5 Å². The molecule has 1 aliphatic rings. The van der Waals surface area contributed by atoms with Crippen molar-refractivity contribution in [2.24, 2.45) is 0 Å². The lowest BCUT2D eigenvalue weighted by molar-refractivity contribution is 0.0690. The zero-order valence-electron chi connectivity index (χ0n) is 9.85. The smallest absolute Gasteiger partial charge is 0.339 e. The monoisotopic (exact) mass is 232 g/mol. The highest BCUT2D eigenvalue weighted by Gasteiger charge is 2.16. The quantitative estimate of drug-likeness (QED) is 0.814. The lowest BCUT2D eigenvalue weighted by Gasteiger charge is -2.19. The molecule has 0 heterocycles. The maximum Gasteiger partial charge on any atom is 0.339 e. The number of rotatable bonds is 3. The second kappa shape index (κ2) is 5.04. The standard InChI is InChI=1S/C14H16O3/c1-10-7-8-13(12(9-10)14(15)16)17-11-5-3-2-4-6-11/h3,5,7-9,11H,2,4,6H2,1H3,(H,15,16). The molecular formula is C14H16O3. The maximum absolute atomic E-state index is 11.1. The van der Waals surface area contributed by atoms with Gasteiger partial charge in [0.25, 0.3) is 0 Å². The summed E-state index contributed by atoms with van der Waals surface area (Å²) in [5.74, 6) is -0.483. The van der Waals surface area contributed by atoms with Crippen LogP contribution in [0.4, 0.5) is 0 Å². The van der Waals surface area contributed by atoms with Gasteiger partial charge >= 0.3 is 5.97 Å². The molecule has 0 fully saturated rings. The first-order valence-electron chi connectivity index (χ1n) is 5.84.